The number of ether oxygens (including phenoxy) is 2. The molecule has 116 valence electrons. The third kappa shape index (κ3) is 5.22. The number of amides is 1. The first-order chi connectivity index (χ1) is 10.1. The topological polar surface area (TPSA) is 64.6 Å². The highest BCUT2D eigenvalue weighted by molar-refractivity contribution is 7.12. The van der Waals surface area contributed by atoms with Gasteiger partial charge in [-0.05, 0) is 24.8 Å². The van der Waals surface area contributed by atoms with Crippen molar-refractivity contribution in [3.8, 4) is 0 Å². The normalized spacial score (nSPS) is 16.8. The minimum atomic E-state index is -0.567. The molecule has 1 aromatic rings. The summed E-state index contributed by atoms with van der Waals surface area (Å²) in [5.74, 6) is -0.490. The lowest BCUT2D eigenvalue weighted by atomic mass is 10.1. The Morgan fingerprint density at radius 2 is 2.10 bits per heavy atom. The Hall–Kier alpha value is -1.24. The summed E-state index contributed by atoms with van der Waals surface area (Å²) in [6, 6.07) is 3.67. The van der Waals surface area contributed by atoms with Crippen molar-refractivity contribution < 1.29 is 19.1 Å². The van der Waals surface area contributed by atoms with Gasteiger partial charge in [0.2, 0.25) is 5.91 Å². The number of thiophene rings is 1. The van der Waals surface area contributed by atoms with Crippen LogP contribution in [-0.4, -0.2) is 37.2 Å². The second kappa shape index (κ2) is 7.68. The van der Waals surface area contributed by atoms with Gasteiger partial charge in [-0.15, -0.1) is 11.3 Å². The molecule has 21 heavy (non-hydrogen) atoms. The highest BCUT2D eigenvalue weighted by Crippen LogP contribution is 2.21. The van der Waals surface area contributed by atoms with Crippen LogP contribution in [-0.2, 0) is 14.3 Å². The van der Waals surface area contributed by atoms with Gasteiger partial charge in [-0.25, -0.2) is 0 Å². The van der Waals surface area contributed by atoms with E-state index in [1.807, 2.05) is 24.4 Å². The Balaban J connectivity index is 1.56. The molecule has 0 bridgehead atoms. The molecular weight excluding hydrogens is 290 g/mol. The molecule has 1 aliphatic heterocycles. The Morgan fingerprint density at radius 3 is 2.76 bits per heavy atom. The van der Waals surface area contributed by atoms with Gasteiger partial charge in [0.05, 0.1) is 18.1 Å². The number of ketones is 1. The maximum absolute atomic E-state index is 11.8. The van der Waals surface area contributed by atoms with Crippen molar-refractivity contribution in [1.82, 2.24) is 5.32 Å². The van der Waals surface area contributed by atoms with Crippen LogP contribution in [0.25, 0.3) is 0 Å². The maximum atomic E-state index is 11.8. The molecule has 1 amide bonds. The van der Waals surface area contributed by atoms with Crippen LogP contribution >= 0.6 is 11.3 Å². The molecule has 1 N–H and O–H groups in total. The lowest BCUT2D eigenvalue weighted by Crippen LogP contribution is -2.33. The highest BCUT2D eigenvalue weighted by atomic mass is 32.1. The van der Waals surface area contributed by atoms with Gasteiger partial charge >= 0.3 is 0 Å². The number of carbonyl (C=O) groups is 2. The molecule has 0 atom stereocenters. The number of rotatable bonds is 8. The summed E-state index contributed by atoms with van der Waals surface area (Å²) < 4.78 is 10.9. The fourth-order valence-electron chi connectivity index (χ4n) is 2.19. The molecule has 1 aromatic heterocycles. The van der Waals surface area contributed by atoms with Crippen LogP contribution < -0.4 is 5.32 Å². The van der Waals surface area contributed by atoms with Crippen LogP contribution in [0.2, 0.25) is 0 Å². The summed E-state index contributed by atoms with van der Waals surface area (Å²) in [5.41, 5.74) is 0. The van der Waals surface area contributed by atoms with E-state index < -0.39 is 5.79 Å². The molecule has 5 nitrogen and oxygen atoms in total. The standard InChI is InChI=1S/C15H21NO4S/c1-15(19-9-10-20-15)7-8-16-14(18)6-2-4-12(17)13-5-3-11-21-13/h3,5,11H,2,4,6-10H2,1H3,(H,16,18). The fraction of sp³-hybridized carbons (Fsp3) is 0.600. The minimum Gasteiger partial charge on any atom is -0.356 e. The van der Waals surface area contributed by atoms with Crippen LogP contribution in [0.1, 0.15) is 42.3 Å². The van der Waals surface area contributed by atoms with Crippen molar-refractivity contribution in [2.24, 2.45) is 0 Å². The van der Waals surface area contributed by atoms with Crippen LogP contribution in [0.3, 0.4) is 0 Å². The van der Waals surface area contributed by atoms with Gasteiger partial charge in [0.25, 0.3) is 0 Å². The van der Waals surface area contributed by atoms with Crippen molar-refractivity contribution >= 4 is 23.0 Å². The predicted octanol–water partition coefficient (Wildman–Crippen LogP) is 2.37. The summed E-state index contributed by atoms with van der Waals surface area (Å²) in [6.07, 6.45) is 1.99. The molecule has 0 spiro atoms. The van der Waals surface area contributed by atoms with Crippen molar-refractivity contribution in [2.45, 2.75) is 38.4 Å². The van der Waals surface area contributed by atoms with E-state index in [1.54, 1.807) is 0 Å². The summed E-state index contributed by atoms with van der Waals surface area (Å²) in [7, 11) is 0. The van der Waals surface area contributed by atoms with Gasteiger partial charge in [0, 0.05) is 25.8 Å². The second-order valence-electron chi connectivity index (χ2n) is 5.18. The van der Waals surface area contributed by atoms with E-state index in [2.05, 4.69) is 5.32 Å². The fourth-order valence-corrected chi connectivity index (χ4v) is 2.88. The van der Waals surface area contributed by atoms with Gasteiger partial charge in [0.1, 0.15) is 0 Å². The van der Waals surface area contributed by atoms with E-state index in [-0.39, 0.29) is 11.7 Å². The quantitative estimate of drug-likeness (QED) is 0.749. The largest absolute Gasteiger partial charge is 0.356 e. The first kappa shape index (κ1) is 16.1. The van der Waals surface area contributed by atoms with E-state index in [0.717, 1.165) is 4.88 Å². The number of nitrogens with one attached hydrogen (secondary N) is 1. The molecule has 1 fully saturated rings. The molecule has 0 aliphatic carbocycles. The zero-order chi connectivity index (χ0) is 15.1. The van der Waals surface area contributed by atoms with Crippen LogP contribution in [0, 0.1) is 0 Å². The third-order valence-electron chi connectivity index (χ3n) is 3.40. The van der Waals surface area contributed by atoms with Gasteiger partial charge in [-0.3, -0.25) is 9.59 Å². The average Bonchev–Trinajstić information content (AvgIpc) is 3.10. The smallest absolute Gasteiger partial charge is 0.220 e. The van der Waals surface area contributed by atoms with Gasteiger partial charge in [-0.1, -0.05) is 6.07 Å². The molecular formula is C15H21NO4S. The molecule has 0 radical (unpaired) electrons. The van der Waals surface area contributed by atoms with Crippen molar-refractivity contribution in [1.29, 1.82) is 0 Å². The Labute approximate surface area is 128 Å². The minimum absolute atomic E-state index is 0.0319. The molecule has 2 heterocycles. The molecule has 0 saturated carbocycles. The number of carbonyl (C=O) groups excluding carboxylic acids is 2. The van der Waals surface area contributed by atoms with E-state index in [0.29, 0.717) is 45.4 Å². The van der Waals surface area contributed by atoms with E-state index in [4.69, 9.17) is 9.47 Å². The maximum Gasteiger partial charge on any atom is 0.220 e. The number of hydrogen-bond donors (Lipinski definition) is 1. The number of hydrogen-bond acceptors (Lipinski definition) is 5. The molecule has 6 heteroatoms. The van der Waals surface area contributed by atoms with Gasteiger partial charge in [-0.2, -0.15) is 0 Å². The predicted molar refractivity (Wildman–Crippen MR) is 80.4 cm³/mol. The molecule has 2 rings (SSSR count). The Kier molecular flexibility index (Phi) is 5.90. The molecule has 0 unspecified atom stereocenters. The zero-order valence-electron chi connectivity index (χ0n) is 12.2. The zero-order valence-corrected chi connectivity index (χ0v) is 13.0. The first-order valence-electron chi connectivity index (χ1n) is 7.20. The van der Waals surface area contributed by atoms with Crippen molar-refractivity contribution in [2.75, 3.05) is 19.8 Å². The van der Waals surface area contributed by atoms with Crippen molar-refractivity contribution in [3.05, 3.63) is 22.4 Å². The summed E-state index contributed by atoms with van der Waals surface area (Å²) >= 11 is 1.44. The average molecular weight is 311 g/mol. The van der Waals surface area contributed by atoms with Crippen LogP contribution in [0.5, 0.6) is 0 Å². The molecule has 1 saturated heterocycles. The van der Waals surface area contributed by atoms with E-state index in [9.17, 15) is 9.59 Å². The van der Waals surface area contributed by atoms with E-state index >= 15 is 0 Å². The summed E-state index contributed by atoms with van der Waals surface area (Å²) in [4.78, 5) is 24.2. The lowest BCUT2D eigenvalue weighted by molar-refractivity contribution is -0.146. The Morgan fingerprint density at radius 1 is 1.33 bits per heavy atom. The summed E-state index contributed by atoms with van der Waals surface area (Å²) in [6.45, 7) is 3.62. The first-order valence-corrected chi connectivity index (χ1v) is 8.08. The third-order valence-corrected chi connectivity index (χ3v) is 4.31. The van der Waals surface area contributed by atoms with Crippen LogP contribution in [0.15, 0.2) is 17.5 Å². The summed E-state index contributed by atoms with van der Waals surface area (Å²) in [5, 5.41) is 4.72. The van der Waals surface area contributed by atoms with Crippen LogP contribution in [0.4, 0.5) is 0 Å². The van der Waals surface area contributed by atoms with Gasteiger partial charge in [0.15, 0.2) is 11.6 Å². The van der Waals surface area contributed by atoms with Crippen molar-refractivity contribution in [3.63, 3.8) is 0 Å². The lowest BCUT2D eigenvalue weighted by Gasteiger charge is -2.22. The van der Waals surface area contributed by atoms with Gasteiger partial charge < -0.3 is 14.8 Å². The SMILES string of the molecule is CC1(CCNC(=O)CCCC(=O)c2cccs2)OCCO1. The Bertz CT molecular complexity index is 466. The molecule has 1 aliphatic rings. The number of Topliss-reactive ketones (excluding diaryl/α,β-unsaturated/α-hetero) is 1. The monoisotopic (exact) mass is 311 g/mol. The highest BCUT2D eigenvalue weighted by Gasteiger charge is 2.30. The van der Waals surface area contributed by atoms with E-state index in [1.165, 1.54) is 11.3 Å². The second-order valence-corrected chi connectivity index (χ2v) is 6.13. The molecule has 0 aromatic carbocycles.